The molecule has 1 aromatic rings. The molecule has 0 radical (unpaired) electrons. The summed E-state index contributed by atoms with van der Waals surface area (Å²) in [7, 11) is 0. The van der Waals surface area contributed by atoms with Gasteiger partial charge in [0, 0.05) is 11.6 Å². The molecule has 14 heavy (non-hydrogen) atoms. The van der Waals surface area contributed by atoms with Crippen molar-refractivity contribution in [2.24, 2.45) is 5.92 Å². The number of hydrogen-bond acceptors (Lipinski definition) is 1. The van der Waals surface area contributed by atoms with E-state index < -0.39 is 0 Å². The average Bonchev–Trinajstić information content (AvgIpc) is 2.42. The van der Waals surface area contributed by atoms with Crippen molar-refractivity contribution < 1.29 is 4.39 Å². The number of halogens is 1. The molecule has 1 unspecified atom stereocenters. The average molecular weight is 191 g/mol. The van der Waals surface area contributed by atoms with Crippen LogP contribution in [-0.4, -0.2) is 0 Å². The Morgan fingerprint density at radius 2 is 2.14 bits per heavy atom. The molecule has 0 aliphatic carbocycles. The van der Waals surface area contributed by atoms with Gasteiger partial charge in [0.05, 0.1) is 5.69 Å². The molecule has 0 amide bonds. The van der Waals surface area contributed by atoms with Crippen molar-refractivity contribution in [3.8, 4) is 0 Å². The summed E-state index contributed by atoms with van der Waals surface area (Å²) >= 11 is 0. The first-order valence-electron chi connectivity index (χ1n) is 4.85. The van der Waals surface area contributed by atoms with Gasteiger partial charge in [-0.05, 0) is 17.5 Å². The van der Waals surface area contributed by atoms with Crippen LogP contribution in [0.5, 0.6) is 0 Å². The van der Waals surface area contributed by atoms with Gasteiger partial charge in [-0.15, -0.1) is 0 Å². The zero-order chi connectivity index (χ0) is 10.3. The first kappa shape index (κ1) is 9.25. The van der Waals surface area contributed by atoms with Crippen molar-refractivity contribution in [2.75, 3.05) is 5.32 Å². The Hall–Kier alpha value is -1.31. The van der Waals surface area contributed by atoms with Crippen LogP contribution in [0.2, 0.25) is 0 Å². The SMILES string of the molecule is C=C1Nc2c(F)cccc2C1C(C)C. The van der Waals surface area contributed by atoms with Gasteiger partial charge in [-0.1, -0.05) is 32.6 Å². The number of rotatable bonds is 1. The van der Waals surface area contributed by atoms with E-state index in [-0.39, 0.29) is 11.7 Å². The number of anilines is 1. The van der Waals surface area contributed by atoms with Gasteiger partial charge in [0.1, 0.15) is 5.82 Å². The fourth-order valence-corrected chi connectivity index (χ4v) is 2.12. The molecule has 0 fully saturated rings. The van der Waals surface area contributed by atoms with Crippen LogP contribution in [0.25, 0.3) is 0 Å². The molecule has 0 bridgehead atoms. The Bertz CT molecular complexity index is 382. The van der Waals surface area contributed by atoms with E-state index in [1.165, 1.54) is 6.07 Å². The van der Waals surface area contributed by atoms with Crippen molar-refractivity contribution in [1.82, 2.24) is 0 Å². The minimum absolute atomic E-state index is 0.188. The number of benzene rings is 1. The van der Waals surface area contributed by atoms with Crippen LogP contribution in [-0.2, 0) is 0 Å². The Morgan fingerprint density at radius 1 is 1.43 bits per heavy atom. The molecule has 0 saturated heterocycles. The molecular formula is C12H14FN. The molecule has 2 heteroatoms. The second kappa shape index (κ2) is 3.12. The predicted octanol–water partition coefficient (Wildman–Crippen LogP) is 3.50. The Kier molecular flexibility index (Phi) is 2.06. The van der Waals surface area contributed by atoms with Crippen LogP contribution in [0.3, 0.4) is 0 Å². The van der Waals surface area contributed by atoms with Crippen LogP contribution >= 0.6 is 0 Å². The van der Waals surface area contributed by atoms with E-state index in [0.717, 1.165) is 11.3 Å². The first-order chi connectivity index (χ1) is 6.61. The molecule has 0 spiro atoms. The summed E-state index contributed by atoms with van der Waals surface area (Å²) in [6, 6.07) is 5.19. The van der Waals surface area contributed by atoms with Crippen molar-refractivity contribution in [1.29, 1.82) is 0 Å². The lowest BCUT2D eigenvalue weighted by molar-refractivity contribution is 0.570. The van der Waals surface area contributed by atoms with Gasteiger partial charge in [-0.2, -0.15) is 0 Å². The van der Waals surface area contributed by atoms with Gasteiger partial charge < -0.3 is 5.32 Å². The van der Waals surface area contributed by atoms with Gasteiger partial charge in [-0.3, -0.25) is 0 Å². The van der Waals surface area contributed by atoms with Crippen molar-refractivity contribution in [3.05, 3.63) is 41.9 Å². The molecule has 74 valence electrons. The molecule has 1 aliphatic rings. The maximum absolute atomic E-state index is 13.4. The highest BCUT2D eigenvalue weighted by atomic mass is 19.1. The minimum atomic E-state index is -0.188. The zero-order valence-electron chi connectivity index (χ0n) is 8.47. The van der Waals surface area contributed by atoms with E-state index in [2.05, 4.69) is 25.7 Å². The van der Waals surface area contributed by atoms with Gasteiger partial charge in [0.2, 0.25) is 0 Å². The van der Waals surface area contributed by atoms with E-state index in [9.17, 15) is 4.39 Å². The van der Waals surface area contributed by atoms with Gasteiger partial charge >= 0.3 is 0 Å². The summed E-state index contributed by atoms with van der Waals surface area (Å²) in [6.07, 6.45) is 0. The molecular weight excluding hydrogens is 177 g/mol. The first-order valence-corrected chi connectivity index (χ1v) is 4.85. The van der Waals surface area contributed by atoms with E-state index >= 15 is 0 Å². The second-order valence-electron chi connectivity index (χ2n) is 4.08. The largest absolute Gasteiger partial charge is 0.356 e. The van der Waals surface area contributed by atoms with Crippen LogP contribution in [0.1, 0.15) is 25.3 Å². The van der Waals surface area contributed by atoms with E-state index in [1.54, 1.807) is 6.07 Å². The lowest BCUT2D eigenvalue weighted by Crippen LogP contribution is -2.05. The Morgan fingerprint density at radius 3 is 2.79 bits per heavy atom. The molecule has 2 rings (SSSR count). The maximum atomic E-state index is 13.4. The third-order valence-electron chi connectivity index (χ3n) is 2.71. The molecule has 1 aromatic carbocycles. The molecule has 1 N–H and O–H groups in total. The summed E-state index contributed by atoms with van der Waals surface area (Å²) in [6.45, 7) is 8.18. The summed E-state index contributed by atoms with van der Waals surface area (Å²) in [5, 5.41) is 3.03. The Labute approximate surface area is 83.6 Å². The van der Waals surface area contributed by atoms with Crippen molar-refractivity contribution in [3.63, 3.8) is 0 Å². The van der Waals surface area contributed by atoms with Crippen LogP contribution < -0.4 is 5.32 Å². The van der Waals surface area contributed by atoms with Gasteiger partial charge in [-0.25, -0.2) is 4.39 Å². The topological polar surface area (TPSA) is 12.0 Å². The third-order valence-corrected chi connectivity index (χ3v) is 2.71. The minimum Gasteiger partial charge on any atom is -0.356 e. The predicted molar refractivity (Wildman–Crippen MR) is 56.7 cm³/mol. The summed E-state index contributed by atoms with van der Waals surface area (Å²) in [5.41, 5.74) is 2.54. The number of fused-ring (bicyclic) bond motifs is 1. The highest BCUT2D eigenvalue weighted by molar-refractivity contribution is 5.65. The number of hydrogen-bond donors (Lipinski definition) is 1. The molecule has 0 aromatic heterocycles. The summed E-state index contributed by atoms with van der Waals surface area (Å²) in [5.74, 6) is 0.491. The number of para-hydroxylation sites is 1. The number of allylic oxidation sites excluding steroid dienone is 1. The number of nitrogens with one attached hydrogen (secondary N) is 1. The highest BCUT2D eigenvalue weighted by Crippen LogP contribution is 2.42. The lowest BCUT2D eigenvalue weighted by Gasteiger charge is -2.15. The van der Waals surface area contributed by atoms with E-state index in [4.69, 9.17) is 0 Å². The molecule has 1 atom stereocenters. The third kappa shape index (κ3) is 1.22. The van der Waals surface area contributed by atoms with Crippen LogP contribution in [0.4, 0.5) is 10.1 Å². The molecule has 1 nitrogen and oxygen atoms in total. The highest BCUT2D eigenvalue weighted by Gasteiger charge is 2.29. The van der Waals surface area contributed by atoms with Crippen LogP contribution in [0.15, 0.2) is 30.5 Å². The summed E-state index contributed by atoms with van der Waals surface area (Å²) < 4.78 is 13.4. The van der Waals surface area contributed by atoms with E-state index in [0.29, 0.717) is 11.6 Å². The van der Waals surface area contributed by atoms with Crippen molar-refractivity contribution in [2.45, 2.75) is 19.8 Å². The monoisotopic (exact) mass is 191 g/mol. The quantitative estimate of drug-likeness (QED) is 0.716. The normalized spacial score (nSPS) is 19.7. The molecule has 0 saturated carbocycles. The maximum Gasteiger partial charge on any atom is 0.146 e. The smallest absolute Gasteiger partial charge is 0.146 e. The lowest BCUT2D eigenvalue weighted by atomic mass is 9.88. The second-order valence-corrected chi connectivity index (χ2v) is 4.08. The fraction of sp³-hybridized carbons (Fsp3) is 0.333. The standard InChI is InChI=1S/C12H14FN/c1-7(2)11-8(3)14-12-9(11)5-4-6-10(12)13/h4-7,11,14H,3H2,1-2H3. The summed E-state index contributed by atoms with van der Waals surface area (Å²) in [4.78, 5) is 0. The van der Waals surface area contributed by atoms with Gasteiger partial charge in [0.25, 0.3) is 0 Å². The fourth-order valence-electron chi connectivity index (χ4n) is 2.12. The zero-order valence-corrected chi connectivity index (χ0v) is 8.47. The molecule has 1 heterocycles. The van der Waals surface area contributed by atoms with Crippen molar-refractivity contribution >= 4 is 5.69 Å². The van der Waals surface area contributed by atoms with E-state index in [1.807, 2.05) is 6.07 Å². The van der Waals surface area contributed by atoms with Gasteiger partial charge in [0.15, 0.2) is 0 Å². The molecule has 1 aliphatic heterocycles. The van der Waals surface area contributed by atoms with Crippen LogP contribution in [0, 0.1) is 11.7 Å². The Balaban J connectivity index is 2.53.